The summed E-state index contributed by atoms with van der Waals surface area (Å²) in [5, 5.41) is 2.94. The van der Waals surface area contributed by atoms with Crippen LogP contribution in [0.3, 0.4) is 0 Å². The summed E-state index contributed by atoms with van der Waals surface area (Å²) >= 11 is 0. The summed E-state index contributed by atoms with van der Waals surface area (Å²) in [6, 6.07) is 13.4. The van der Waals surface area contributed by atoms with Gasteiger partial charge in [-0.3, -0.25) is 4.79 Å². The summed E-state index contributed by atoms with van der Waals surface area (Å²) < 4.78 is 10.8. The Bertz CT molecular complexity index is 697. The third kappa shape index (κ3) is 5.50. The lowest BCUT2D eigenvalue weighted by atomic mass is 10.1. The Balaban J connectivity index is 1.99. The highest BCUT2D eigenvalue weighted by Gasteiger charge is 2.11. The molecule has 0 spiro atoms. The van der Waals surface area contributed by atoms with Crippen LogP contribution in [0.5, 0.6) is 11.5 Å². The van der Waals surface area contributed by atoms with Gasteiger partial charge in [-0.05, 0) is 50.3 Å². The number of nitrogens with one attached hydrogen (secondary N) is 1. The molecule has 0 atom stereocenters. The van der Waals surface area contributed by atoms with Crippen LogP contribution in [-0.4, -0.2) is 38.6 Å². The fraction of sp³-hybridized carbons (Fsp3) is 0.350. The smallest absolute Gasteiger partial charge is 0.251 e. The monoisotopic (exact) mass is 342 g/mol. The van der Waals surface area contributed by atoms with Gasteiger partial charge in [0.25, 0.3) is 5.91 Å². The van der Waals surface area contributed by atoms with Gasteiger partial charge in [-0.25, -0.2) is 0 Å². The van der Waals surface area contributed by atoms with Crippen molar-refractivity contribution in [3.05, 3.63) is 59.2 Å². The molecule has 1 N–H and O–H groups in total. The predicted octanol–water partition coefficient (Wildman–Crippen LogP) is 3.09. The van der Waals surface area contributed by atoms with Crippen molar-refractivity contribution in [1.29, 1.82) is 0 Å². The zero-order valence-electron chi connectivity index (χ0n) is 15.3. The van der Waals surface area contributed by atoms with Crippen LogP contribution in [0.1, 0.15) is 28.4 Å². The van der Waals surface area contributed by atoms with E-state index in [-0.39, 0.29) is 5.91 Å². The molecule has 134 valence electrons. The maximum Gasteiger partial charge on any atom is 0.251 e. The molecule has 1 amide bonds. The van der Waals surface area contributed by atoms with E-state index in [9.17, 15) is 4.79 Å². The van der Waals surface area contributed by atoms with Crippen LogP contribution in [0.4, 0.5) is 0 Å². The maximum absolute atomic E-state index is 12.4. The molecular weight excluding hydrogens is 316 g/mol. The molecule has 0 unspecified atom stereocenters. The first-order valence-corrected chi connectivity index (χ1v) is 8.35. The molecule has 0 heterocycles. The number of hydrogen-bond acceptors (Lipinski definition) is 4. The van der Waals surface area contributed by atoms with Crippen LogP contribution in [0.25, 0.3) is 0 Å². The third-order valence-electron chi connectivity index (χ3n) is 3.70. The molecule has 0 radical (unpaired) electrons. The average molecular weight is 342 g/mol. The quantitative estimate of drug-likeness (QED) is 0.801. The van der Waals surface area contributed by atoms with E-state index >= 15 is 0 Å². The van der Waals surface area contributed by atoms with E-state index in [1.165, 1.54) is 5.56 Å². The molecular formula is C20H26N2O3. The van der Waals surface area contributed by atoms with Gasteiger partial charge in [-0.1, -0.05) is 24.3 Å². The van der Waals surface area contributed by atoms with Gasteiger partial charge in [-0.2, -0.15) is 0 Å². The lowest BCUT2D eigenvalue weighted by Crippen LogP contribution is -2.22. The number of carbonyl (C=O) groups excluding carboxylic acids is 1. The van der Waals surface area contributed by atoms with Crippen molar-refractivity contribution in [1.82, 2.24) is 10.2 Å². The van der Waals surface area contributed by atoms with E-state index in [0.29, 0.717) is 30.2 Å². The summed E-state index contributed by atoms with van der Waals surface area (Å²) in [6.45, 7) is 3.79. The number of benzene rings is 2. The Morgan fingerprint density at radius 2 is 1.72 bits per heavy atom. The van der Waals surface area contributed by atoms with Gasteiger partial charge >= 0.3 is 0 Å². The molecule has 0 saturated heterocycles. The van der Waals surface area contributed by atoms with Gasteiger partial charge in [0, 0.05) is 18.7 Å². The number of methoxy groups -OCH3 is 1. The first-order chi connectivity index (χ1) is 12.0. The number of hydrogen-bond donors (Lipinski definition) is 1. The third-order valence-corrected chi connectivity index (χ3v) is 3.70. The summed E-state index contributed by atoms with van der Waals surface area (Å²) in [7, 11) is 5.66. The summed E-state index contributed by atoms with van der Waals surface area (Å²) in [6.07, 6.45) is 0. The Labute approximate surface area is 149 Å². The molecule has 0 bridgehead atoms. The predicted molar refractivity (Wildman–Crippen MR) is 99.2 cm³/mol. The van der Waals surface area contributed by atoms with Gasteiger partial charge < -0.3 is 19.7 Å². The minimum absolute atomic E-state index is 0.138. The van der Waals surface area contributed by atoms with E-state index in [1.807, 2.05) is 33.2 Å². The van der Waals surface area contributed by atoms with Gasteiger partial charge in [0.1, 0.15) is 0 Å². The molecule has 0 aliphatic heterocycles. The largest absolute Gasteiger partial charge is 0.493 e. The minimum atomic E-state index is -0.138. The molecule has 0 aliphatic carbocycles. The molecule has 0 saturated carbocycles. The molecule has 25 heavy (non-hydrogen) atoms. The van der Waals surface area contributed by atoms with E-state index in [4.69, 9.17) is 9.47 Å². The maximum atomic E-state index is 12.4. The Kier molecular flexibility index (Phi) is 6.83. The Morgan fingerprint density at radius 1 is 1.04 bits per heavy atom. The highest BCUT2D eigenvalue weighted by molar-refractivity contribution is 5.94. The van der Waals surface area contributed by atoms with Crippen LogP contribution in [0.2, 0.25) is 0 Å². The number of nitrogens with zero attached hydrogens (tertiary/aromatic N) is 1. The Hall–Kier alpha value is -2.53. The van der Waals surface area contributed by atoms with E-state index in [0.717, 1.165) is 12.1 Å². The molecule has 2 rings (SSSR count). The standard InChI is InChI=1S/C20H26N2O3/c1-5-25-19-12-17(10-11-18(19)24-4)20(23)21-13-15-6-8-16(9-7-15)14-22(2)3/h6-12H,5,13-14H2,1-4H3,(H,21,23). The van der Waals surface area contributed by atoms with Gasteiger partial charge in [-0.15, -0.1) is 0 Å². The highest BCUT2D eigenvalue weighted by atomic mass is 16.5. The lowest BCUT2D eigenvalue weighted by molar-refractivity contribution is 0.0950. The number of ether oxygens (including phenoxy) is 2. The normalized spacial score (nSPS) is 10.6. The highest BCUT2D eigenvalue weighted by Crippen LogP contribution is 2.28. The minimum Gasteiger partial charge on any atom is -0.493 e. The van der Waals surface area contributed by atoms with E-state index in [2.05, 4.69) is 22.3 Å². The fourth-order valence-corrected chi connectivity index (χ4v) is 2.50. The second kappa shape index (κ2) is 9.08. The van der Waals surface area contributed by atoms with E-state index < -0.39 is 0 Å². The SMILES string of the molecule is CCOc1cc(C(=O)NCc2ccc(CN(C)C)cc2)ccc1OC. The van der Waals surface area contributed by atoms with Crippen LogP contribution in [0.15, 0.2) is 42.5 Å². The van der Waals surface area contributed by atoms with Crippen LogP contribution in [0, 0.1) is 0 Å². The molecule has 2 aromatic rings. The van der Waals surface area contributed by atoms with Gasteiger partial charge in [0.2, 0.25) is 0 Å². The summed E-state index contributed by atoms with van der Waals surface area (Å²) in [4.78, 5) is 14.5. The molecule has 0 fully saturated rings. The van der Waals surface area contributed by atoms with Crippen molar-refractivity contribution in [2.75, 3.05) is 27.8 Å². The summed E-state index contributed by atoms with van der Waals surface area (Å²) in [5.74, 6) is 1.06. The number of rotatable bonds is 8. The van der Waals surface area contributed by atoms with Crippen LogP contribution in [-0.2, 0) is 13.1 Å². The first-order valence-electron chi connectivity index (χ1n) is 8.35. The molecule has 0 aliphatic rings. The second-order valence-corrected chi connectivity index (χ2v) is 6.04. The molecule has 2 aromatic carbocycles. The molecule has 5 heteroatoms. The van der Waals surface area contributed by atoms with Crippen molar-refractivity contribution < 1.29 is 14.3 Å². The number of carbonyl (C=O) groups is 1. The molecule has 5 nitrogen and oxygen atoms in total. The van der Waals surface area contributed by atoms with Crippen molar-refractivity contribution in [2.45, 2.75) is 20.0 Å². The van der Waals surface area contributed by atoms with Crippen LogP contribution < -0.4 is 14.8 Å². The summed E-state index contributed by atoms with van der Waals surface area (Å²) in [5.41, 5.74) is 2.86. The zero-order valence-corrected chi connectivity index (χ0v) is 15.3. The lowest BCUT2D eigenvalue weighted by Gasteiger charge is -2.12. The van der Waals surface area contributed by atoms with Crippen molar-refractivity contribution >= 4 is 5.91 Å². The Morgan fingerprint density at radius 3 is 2.32 bits per heavy atom. The van der Waals surface area contributed by atoms with Gasteiger partial charge in [0.15, 0.2) is 11.5 Å². The van der Waals surface area contributed by atoms with Crippen molar-refractivity contribution in [3.8, 4) is 11.5 Å². The zero-order chi connectivity index (χ0) is 18.2. The second-order valence-electron chi connectivity index (χ2n) is 6.04. The van der Waals surface area contributed by atoms with Crippen molar-refractivity contribution in [3.63, 3.8) is 0 Å². The average Bonchev–Trinajstić information content (AvgIpc) is 2.60. The van der Waals surface area contributed by atoms with Crippen LogP contribution >= 0.6 is 0 Å². The fourth-order valence-electron chi connectivity index (χ4n) is 2.50. The molecule has 0 aromatic heterocycles. The van der Waals surface area contributed by atoms with E-state index in [1.54, 1.807) is 25.3 Å². The first kappa shape index (κ1) is 18.8. The number of amides is 1. The van der Waals surface area contributed by atoms with Gasteiger partial charge in [0.05, 0.1) is 13.7 Å². The topological polar surface area (TPSA) is 50.8 Å². The van der Waals surface area contributed by atoms with Crippen molar-refractivity contribution in [2.24, 2.45) is 0 Å².